The van der Waals surface area contributed by atoms with Crippen molar-refractivity contribution in [1.82, 2.24) is 5.32 Å². The monoisotopic (exact) mass is 379 g/mol. The van der Waals surface area contributed by atoms with Gasteiger partial charge in [0, 0.05) is 0 Å². The summed E-state index contributed by atoms with van der Waals surface area (Å²) in [6.07, 6.45) is -11.7. The lowest BCUT2D eigenvalue weighted by atomic mass is 10.0. The minimum atomic E-state index is -5.33. The molecule has 0 aliphatic rings. The van der Waals surface area contributed by atoms with Crippen LogP contribution < -0.4 is 5.32 Å². The zero-order valence-electron chi connectivity index (χ0n) is 13.1. The number of carbonyl (C=O) groups excluding carboxylic acids is 3. The Hall–Kier alpha value is -2.50. The molecule has 0 spiro atoms. The molecule has 1 rings (SSSR count). The van der Waals surface area contributed by atoms with E-state index in [9.17, 15) is 37.8 Å². The van der Waals surface area contributed by atoms with Gasteiger partial charge in [0.2, 0.25) is 0 Å². The Labute approximate surface area is 145 Å². The molecule has 0 fully saturated rings. The quantitative estimate of drug-likeness (QED) is 0.342. The van der Waals surface area contributed by atoms with Gasteiger partial charge in [-0.1, -0.05) is 18.2 Å². The van der Waals surface area contributed by atoms with E-state index in [0.29, 0.717) is 0 Å². The Morgan fingerprint density at radius 3 is 2.23 bits per heavy atom. The lowest BCUT2D eigenvalue weighted by Gasteiger charge is -2.30. The van der Waals surface area contributed by atoms with E-state index in [-0.39, 0.29) is 11.8 Å². The number of esters is 1. The number of aldehydes is 1. The van der Waals surface area contributed by atoms with Gasteiger partial charge in [-0.15, -0.1) is 0 Å². The fourth-order valence-corrected chi connectivity index (χ4v) is 1.88. The van der Waals surface area contributed by atoms with Gasteiger partial charge in [-0.25, -0.2) is 4.79 Å². The van der Waals surface area contributed by atoms with Gasteiger partial charge in [-0.2, -0.15) is 13.2 Å². The molecule has 26 heavy (non-hydrogen) atoms. The van der Waals surface area contributed by atoms with Gasteiger partial charge in [-0.05, 0) is 12.1 Å². The zero-order valence-corrected chi connectivity index (χ0v) is 13.1. The summed E-state index contributed by atoms with van der Waals surface area (Å²) < 4.78 is 41.7. The average molecular weight is 379 g/mol. The van der Waals surface area contributed by atoms with Gasteiger partial charge in [0.15, 0.2) is 6.10 Å². The maximum atomic E-state index is 12.3. The largest absolute Gasteiger partial charge is 0.471 e. The van der Waals surface area contributed by atoms with E-state index in [1.165, 1.54) is 29.6 Å². The van der Waals surface area contributed by atoms with Crippen LogP contribution in [0, 0.1) is 0 Å². The topological polar surface area (TPSA) is 133 Å². The Kier molecular flexibility index (Phi) is 7.68. The lowest BCUT2D eigenvalue weighted by Crippen LogP contribution is -2.56. The molecule has 1 amide bonds. The molecule has 1 aromatic carbocycles. The molecule has 0 radical (unpaired) electrons. The number of alkyl halides is 3. The van der Waals surface area contributed by atoms with Crippen molar-refractivity contribution >= 4 is 18.2 Å². The smallest absolute Gasteiger partial charge is 0.453 e. The highest BCUT2D eigenvalue weighted by Gasteiger charge is 2.43. The number of amides is 1. The normalized spacial score (nSPS) is 16.1. The summed E-state index contributed by atoms with van der Waals surface area (Å²) >= 11 is 0. The summed E-state index contributed by atoms with van der Waals surface area (Å²) in [5.74, 6) is -3.59. The number of benzene rings is 1. The summed E-state index contributed by atoms with van der Waals surface area (Å²) in [7, 11) is 0. The Bertz CT molecular complexity index is 623. The van der Waals surface area contributed by atoms with Crippen molar-refractivity contribution in [3.63, 3.8) is 0 Å². The van der Waals surface area contributed by atoms with E-state index in [4.69, 9.17) is 9.84 Å². The SMILES string of the molecule is O=C[C@H](NC(=O)C(F)(F)F)[C@@H](O)[C@H](OC(=O)c1ccccc1)[C@H](O)CO. The number of nitrogens with one attached hydrogen (secondary N) is 1. The first-order valence-corrected chi connectivity index (χ1v) is 7.17. The Morgan fingerprint density at radius 2 is 1.77 bits per heavy atom. The van der Waals surface area contributed by atoms with Gasteiger partial charge < -0.3 is 30.2 Å². The van der Waals surface area contributed by atoms with Crippen molar-refractivity contribution < 1.29 is 47.6 Å². The number of ether oxygens (including phenoxy) is 1. The number of carbonyl (C=O) groups is 3. The number of hydrogen-bond donors (Lipinski definition) is 4. The Morgan fingerprint density at radius 1 is 1.19 bits per heavy atom. The second kappa shape index (κ2) is 9.27. The van der Waals surface area contributed by atoms with Crippen molar-refractivity contribution in [2.24, 2.45) is 0 Å². The molecule has 0 aliphatic heterocycles. The van der Waals surface area contributed by atoms with E-state index in [2.05, 4.69) is 0 Å². The molecule has 0 heterocycles. The Balaban J connectivity index is 2.97. The highest BCUT2D eigenvalue weighted by molar-refractivity contribution is 5.89. The summed E-state index contributed by atoms with van der Waals surface area (Å²) in [5.41, 5.74) is -0.0168. The van der Waals surface area contributed by atoms with Crippen molar-refractivity contribution in [1.29, 1.82) is 0 Å². The summed E-state index contributed by atoms with van der Waals surface area (Å²) in [4.78, 5) is 33.9. The molecule has 0 saturated carbocycles. The molecule has 144 valence electrons. The maximum absolute atomic E-state index is 12.3. The molecule has 0 aromatic heterocycles. The first-order chi connectivity index (χ1) is 12.1. The number of rotatable bonds is 8. The minimum absolute atomic E-state index is 0.0168. The van der Waals surface area contributed by atoms with Gasteiger partial charge >= 0.3 is 18.1 Å². The van der Waals surface area contributed by atoms with E-state index >= 15 is 0 Å². The van der Waals surface area contributed by atoms with Crippen LogP contribution in [0.1, 0.15) is 10.4 Å². The highest BCUT2D eigenvalue weighted by atomic mass is 19.4. The lowest BCUT2D eigenvalue weighted by molar-refractivity contribution is -0.176. The van der Waals surface area contributed by atoms with Crippen LogP contribution in [-0.4, -0.2) is 70.6 Å². The number of aliphatic hydroxyl groups is 3. The van der Waals surface area contributed by atoms with Gasteiger partial charge in [-0.3, -0.25) is 4.79 Å². The van der Waals surface area contributed by atoms with E-state index < -0.39 is 49.0 Å². The summed E-state index contributed by atoms with van der Waals surface area (Å²) in [6, 6.07) is 5.02. The van der Waals surface area contributed by atoms with Crippen molar-refractivity contribution in [3.8, 4) is 0 Å². The van der Waals surface area contributed by atoms with Crippen molar-refractivity contribution in [2.75, 3.05) is 6.61 Å². The highest BCUT2D eigenvalue weighted by Crippen LogP contribution is 2.17. The summed E-state index contributed by atoms with van der Waals surface area (Å²) in [6.45, 7) is -1.04. The molecule has 4 atom stereocenters. The molecule has 0 bridgehead atoms. The third-order valence-electron chi connectivity index (χ3n) is 3.23. The average Bonchev–Trinajstić information content (AvgIpc) is 2.62. The first kappa shape index (κ1) is 21.5. The minimum Gasteiger partial charge on any atom is -0.453 e. The molecule has 0 saturated heterocycles. The van der Waals surface area contributed by atoms with E-state index in [1.807, 2.05) is 0 Å². The maximum Gasteiger partial charge on any atom is 0.471 e. The standard InChI is InChI=1S/C15H16F3NO7/c16-15(17,18)14(25)19-9(6-20)11(23)12(10(22)7-21)26-13(24)8-4-2-1-3-5-8/h1-6,9-12,21-23H,7H2,(H,19,25)/t9-,10+,11+,12+/m0/s1. The van der Waals surface area contributed by atoms with Crippen LogP contribution in [0.25, 0.3) is 0 Å². The van der Waals surface area contributed by atoms with Crippen molar-refractivity contribution in [2.45, 2.75) is 30.5 Å². The van der Waals surface area contributed by atoms with Gasteiger partial charge in [0.1, 0.15) is 24.5 Å². The molecule has 11 heteroatoms. The fraction of sp³-hybridized carbons (Fsp3) is 0.400. The van der Waals surface area contributed by atoms with Crippen LogP contribution in [0.3, 0.4) is 0 Å². The number of aliphatic hydroxyl groups excluding tert-OH is 3. The third kappa shape index (κ3) is 5.79. The molecule has 8 nitrogen and oxygen atoms in total. The molecule has 4 N–H and O–H groups in total. The van der Waals surface area contributed by atoms with Crippen LogP contribution in [0.4, 0.5) is 13.2 Å². The molecule has 1 aromatic rings. The van der Waals surface area contributed by atoms with E-state index in [1.54, 1.807) is 6.07 Å². The second-order valence-electron chi connectivity index (χ2n) is 5.11. The van der Waals surface area contributed by atoms with Gasteiger partial charge in [0.05, 0.1) is 12.2 Å². The molecular formula is C15H16F3NO7. The van der Waals surface area contributed by atoms with E-state index in [0.717, 1.165) is 0 Å². The molecule has 0 unspecified atom stereocenters. The van der Waals surface area contributed by atoms with Gasteiger partial charge in [0.25, 0.3) is 0 Å². The molecular weight excluding hydrogens is 363 g/mol. The van der Waals surface area contributed by atoms with Crippen LogP contribution in [0.5, 0.6) is 0 Å². The number of halogens is 3. The zero-order chi connectivity index (χ0) is 19.9. The molecule has 0 aliphatic carbocycles. The number of hydrogen-bond acceptors (Lipinski definition) is 7. The van der Waals surface area contributed by atoms with Crippen LogP contribution >= 0.6 is 0 Å². The predicted octanol–water partition coefficient (Wildman–Crippen LogP) is -0.828. The predicted molar refractivity (Wildman–Crippen MR) is 78.8 cm³/mol. The second-order valence-corrected chi connectivity index (χ2v) is 5.11. The van der Waals surface area contributed by atoms with Crippen LogP contribution in [0.2, 0.25) is 0 Å². The summed E-state index contributed by atoms with van der Waals surface area (Å²) in [5, 5.41) is 29.9. The van der Waals surface area contributed by atoms with Crippen LogP contribution in [-0.2, 0) is 14.3 Å². The third-order valence-corrected chi connectivity index (χ3v) is 3.23. The van der Waals surface area contributed by atoms with Crippen LogP contribution in [0.15, 0.2) is 30.3 Å². The first-order valence-electron chi connectivity index (χ1n) is 7.17. The fourth-order valence-electron chi connectivity index (χ4n) is 1.88. The van der Waals surface area contributed by atoms with Crippen molar-refractivity contribution in [3.05, 3.63) is 35.9 Å².